The van der Waals surface area contributed by atoms with Gasteiger partial charge >= 0.3 is 0 Å². The average Bonchev–Trinajstić information content (AvgIpc) is 2.20. The Morgan fingerprint density at radius 1 is 1.38 bits per heavy atom. The fraction of sp³-hybridized carbons (Fsp3) is 0.750. The van der Waals surface area contributed by atoms with Crippen molar-refractivity contribution in [3.63, 3.8) is 0 Å². The Kier molecular flexibility index (Phi) is 4.44. The van der Waals surface area contributed by atoms with Crippen LogP contribution in [0.1, 0.15) is 39.5 Å². The molecule has 16 heavy (non-hydrogen) atoms. The summed E-state index contributed by atoms with van der Waals surface area (Å²) in [6, 6.07) is 0.133. The van der Waals surface area contributed by atoms with Gasteiger partial charge in [0.1, 0.15) is 0 Å². The van der Waals surface area contributed by atoms with Gasteiger partial charge in [-0.15, -0.1) is 0 Å². The number of hydrogen-bond acceptors (Lipinski definition) is 2. The Morgan fingerprint density at radius 2 is 1.94 bits per heavy atom. The van der Waals surface area contributed by atoms with Gasteiger partial charge in [0.2, 0.25) is 5.92 Å². The highest BCUT2D eigenvalue weighted by molar-refractivity contribution is 5.75. The summed E-state index contributed by atoms with van der Waals surface area (Å²) in [6.07, 6.45) is 4.07. The summed E-state index contributed by atoms with van der Waals surface area (Å²) >= 11 is 0. The molecule has 0 amide bonds. The molecule has 1 saturated carbocycles. The SMILES string of the molecule is CC(C)/C(C=N)=C/NC1CCC(F)(F)CC1. The first kappa shape index (κ1) is 13.1. The number of allylic oxidation sites excluding steroid dienone is 1. The molecule has 4 heteroatoms. The van der Waals surface area contributed by atoms with Crippen molar-refractivity contribution in [1.29, 1.82) is 5.41 Å². The lowest BCUT2D eigenvalue weighted by Crippen LogP contribution is -2.34. The van der Waals surface area contributed by atoms with Gasteiger partial charge < -0.3 is 10.7 Å². The van der Waals surface area contributed by atoms with Crippen LogP contribution < -0.4 is 5.32 Å². The highest BCUT2D eigenvalue weighted by Gasteiger charge is 2.34. The van der Waals surface area contributed by atoms with Crippen molar-refractivity contribution in [2.24, 2.45) is 5.92 Å². The zero-order valence-electron chi connectivity index (χ0n) is 9.89. The van der Waals surface area contributed by atoms with Gasteiger partial charge in [0.05, 0.1) is 0 Å². The third kappa shape index (κ3) is 3.91. The van der Waals surface area contributed by atoms with E-state index in [1.54, 1.807) is 6.20 Å². The molecule has 1 aliphatic rings. The van der Waals surface area contributed by atoms with E-state index in [-0.39, 0.29) is 24.8 Å². The molecule has 0 heterocycles. The molecule has 2 nitrogen and oxygen atoms in total. The van der Waals surface area contributed by atoms with E-state index in [9.17, 15) is 8.78 Å². The molecular weight excluding hydrogens is 210 g/mol. The van der Waals surface area contributed by atoms with Gasteiger partial charge in [0, 0.05) is 31.3 Å². The van der Waals surface area contributed by atoms with Gasteiger partial charge in [-0.3, -0.25) is 0 Å². The maximum atomic E-state index is 12.9. The van der Waals surface area contributed by atoms with Crippen LogP contribution in [0, 0.1) is 11.3 Å². The molecule has 0 saturated heterocycles. The van der Waals surface area contributed by atoms with Crippen LogP contribution in [0.4, 0.5) is 8.78 Å². The second-order valence-electron chi connectivity index (χ2n) is 4.74. The molecule has 0 bridgehead atoms. The van der Waals surface area contributed by atoms with E-state index in [0.29, 0.717) is 12.8 Å². The van der Waals surface area contributed by atoms with Crippen LogP contribution in [0.3, 0.4) is 0 Å². The number of rotatable bonds is 4. The number of hydrogen-bond donors (Lipinski definition) is 2. The summed E-state index contributed by atoms with van der Waals surface area (Å²) in [5.41, 5.74) is 0.900. The molecule has 2 N–H and O–H groups in total. The van der Waals surface area contributed by atoms with Crippen molar-refractivity contribution in [3.05, 3.63) is 11.8 Å². The molecule has 0 aromatic rings. The Morgan fingerprint density at radius 3 is 2.38 bits per heavy atom. The molecule has 0 spiro atoms. The van der Waals surface area contributed by atoms with Crippen molar-refractivity contribution in [2.75, 3.05) is 0 Å². The van der Waals surface area contributed by atoms with Crippen LogP contribution in [0.25, 0.3) is 0 Å². The molecule has 0 unspecified atom stereocenters. The first-order valence-corrected chi connectivity index (χ1v) is 5.79. The van der Waals surface area contributed by atoms with Gasteiger partial charge in [0.25, 0.3) is 0 Å². The lowest BCUT2D eigenvalue weighted by Gasteiger charge is -2.28. The van der Waals surface area contributed by atoms with E-state index in [4.69, 9.17) is 5.41 Å². The topological polar surface area (TPSA) is 35.9 Å². The minimum Gasteiger partial charge on any atom is -0.388 e. The Hall–Kier alpha value is -0.930. The standard InChI is InChI=1S/C12H20F2N2/c1-9(2)10(7-15)8-16-11-3-5-12(13,14)6-4-11/h7-9,11,15-16H,3-6H2,1-2H3/b10-8+,15-7?. The number of halogens is 2. The fourth-order valence-electron chi connectivity index (χ4n) is 1.80. The summed E-state index contributed by atoms with van der Waals surface area (Å²) in [6.45, 7) is 4.02. The second kappa shape index (κ2) is 5.41. The Labute approximate surface area is 95.6 Å². The van der Waals surface area contributed by atoms with Gasteiger partial charge in [-0.05, 0) is 24.3 Å². The second-order valence-corrected chi connectivity index (χ2v) is 4.74. The van der Waals surface area contributed by atoms with E-state index >= 15 is 0 Å². The van der Waals surface area contributed by atoms with Crippen molar-refractivity contribution in [2.45, 2.75) is 51.5 Å². The molecule has 1 fully saturated rings. The van der Waals surface area contributed by atoms with E-state index in [1.165, 1.54) is 6.21 Å². The highest BCUT2D eigenvalue weighted by atomic mass is 19.3. The minimum atomic E-state index is -2.47. The largest absolute Gasteiger partial charge is 0.388 e. The smallest absolute Gasteiger partial charge is 0.248 e. The van der Waals surface area contributed by atoms with Crippen LogP contribution in [-0.2, 0) is 0 Å². The van der Waals surface area contributed by atoms with E-state index in [1.807, 2.05) is 13.8 Å². The zero-order valence-corrected chi connectivity index (χ0v) is 9.89. The molecule has 1 aliphatic carbocycles. The van der Waals surface area contributed by atoms with Gasteiger partial charge in [0.15, 0.2) is 0 Å². The van der Waals surface area contributed by atoms with Crippen LogP contribution in [0.5, 0.6) is 0 Å². The number of alkyl halides is 2. The maximum Gasteiger partial charge on any atom is 0.248 e. The van der Waals surface area contributed by atoms with Crippen molar-refractivity contribution >= 4 is 6.21 Å². The summed E-state index contributed by atoms with van der Waals surface area (Å²) in [7, 11) is 0. The maximum absolute atomic E-state index is 12.9. The lowest BCUT2D eigenvalue weighted by molar-refractivity contribution is -0.0394. The van der Waals surface area contributed by atoms with Crippen LogP contribution in [0.15, 0.2) is 11.8 Å². The van der Waals surface area contributed by atoms with Crippen LogP contribution >= 0.6 is 0 Å². The summed E-state index contributed by atoms with van der Waals surface area (Å²) in [5, 5.41) is 10.4. The summed E-state index contributed by atoms with van der Waals surface area (Å²) in [5.74, 6) is -2.18. The molecule has 1 rings (SSSR count). The fourth-order valence-corrected chi connectivity index (χ4v) is 1.80. The number of nitrogens with one attached hydrogen (secondary N) is 2. The summed E-state index contributed by atoms with van der Waals surface area (Å²) < 4.78 is 25.8. The quantitative estimate of drug-likeness (QED) is 0.714. The molecule has 0 atom stereocenters. The molecule has 0 radical (unpaired) electrons. The van der Waals surface area contributed by atoms with E-state index in [0.717, 1.165) is 5.57 Å². The van der Waals surface area contributed by atoms with Gasteiger partial charge in [-0.1, -0.05) is 13.8 Å². The normalized spacial score (nSPS) is 22.2. The zero-order chi connectivity index (χ0) is 12.2. The van der Waals surface area contributed by atoms with E-state index < -0.39 is 5.92 Å². The molecule has 0 aromatic carbocycles. The average molecular weight is 230 g/mol. The molecule has 92 valence electrons. The van der Waals surface area contributed by atoms with Crippen LogP contribution in [0.2, 0.25) is 0 Å². The minimum absolute atomic E-state index is 0.0277. The highest BCUT2D eigenvalue weighted by Crippen LogP contribution is 2.32. The van der Waals surface area contributed by atoms with Crippen LogP contribution in [-0.4, -0.2) is 18.2 Å². The first-order chi connectivity index (χ1) is 7.44. The molecular formula is C12H20F2N2. The summed E-state index contributed by atoms with van der Waals surface area (Å²) in [4.78, 5) is 0. The Bertz CT molecular complexity index is 262. The van der Waals surface area contributed by atoms with Gasteiger partial charge in [-0.25, -0.2) is 8.78 Å². The third-order valence-corrected chi connectivity index (χ3v) is 3.04. The molecule has 0 aromatic heterocycles. The van der Waals surface area contributed by atoms with Crippen molar-refractivity contribution in [1.82, 2.24) is 5.32 Å². The predicted octanol–water partition coefficient (Wildman–Crippen LogP) is 3.34. The van der Waals surface area contributed by atoms with Gasteiger partial charge in [-0.2, -0.15) is 0 Å². The Balaban J connectivity index is 2.42. The predicted molar refractivity (Wildman–Crippen MR) is 62.0 cm³/mol. The monoisotopic (exact) mass is 230 g/mol. The lowest BCUT2D eigenvalue weighted by atomic mass is 9.92. The van der Waals surface area contributed by atoms with Crippen molar-refractivity contribution in [3.8, 4) is 0 Å². The third-order valence-electron chi connectivity index (χ3n) is 3.04. The first-order valence-electron chi connectivity index (χ1n) is 5.79. The van der Waals surface area contributed by atoms with E-state index in [2.05, 4.69) is 5.32 Å². The molecule has 0 aliphatic heterocycles. The van der Waals surface area contributed by atoms with Crippen molar-refractivity contribution < 1.29 is 8.78 Å².